The van der Waals surface area contributed by atoms with Crippen LogP contribution in [0.2, 0.25) is 0 Å². The molecule has 2 fully saturated rings. The summed E-state index contributed by atoms with van der Waals surface area (Å²) in [5.74, 6) is 0. The normalized spacial score (nSPS) is 21.5. The average Bonchev–Trinajstić information content (AvgIpc) is 2.71. The second-order valence-corrected chi connectivity index (χ2v) is 8.68. The Morgan fingerprint density at radius 1 is 1.10 bits per heavy atom. The minimum absolute atomic E-state index is 0.0211. The molecule has 0 aliphatic carbocycles. The first-order valence-electron chi connectivity index (χ1n) is 10.8. The van der Waals surface area contributed by atoms with Crippen molar-refractivity contribution in [1.29, 1.82) is 0 Å². The Morgan fingerprint density at radius 2 is 1.90 bits per heavy atom. The Bertz CT molecular complexity index is 902. The fourth-order valence-electron chi connectivity index (χ4n) is 4.57. The van der Waals surface area contributed by atoms with Crippen molar-refractivity contribution in [2.45, 2.75) is 58.2 Å². The lowest BCUT2D eigenvalue weighted by Crippen LogP contribution is -2.41. The second kappa shape index (κ2) is 8.67. The van der Waals surface area contributed by atoms with Gasteiger partial charge in [0.05, 0.1) is 24.0 Å². The first-order chi connectivity index (χ1) is 14.0. The van der Waals surface area contributed by atoms with E-state index in [1.165, 1.54) is 16.7 Å². The highest BCUT2D eigenvalue weighted by molar-refractivity contribution is 5.43. The fraction of sp³-hybridized carbons (Fsp3) is 0.565. The number of anilines is 1. The Balaban J connectivity index is 1.45. The average molecular weight is 397 g/mol. The van der Waals surface area contributed by atoms with Crippen LogP contribution in [-0.2, 0) is 6.54 Å². The summed E-state index contributed by atoms with van der Waals surface area (Å²) in [5, 5.41) is 14.2. The summed E-state index contributed by atoms with van der Waals surface area (Å²) in [5.41, 5.74) is 4.84. The van der Waals surface area contributed by atoms with Crippen molar-refractivity contribution >= 4 is 5.69 Å². The zero-order valence-electron chi connectivity index (χ0n) is 17.5. The van der Waals surface area contributed by atoms with Gasteiger partial charge in [0.1, 0.15) is 0 Å². The van der Waals surface area contributed by atoms with E-state index in [2.05, 4.69) is 46.9 Å². The van der Waals surface area contributed by atoms with E-state index < -0.39 is 0 Å². The van der Waals surface area contributed by atoms with E-state index in [1.807, 2.05) is 6.20 Å². The van der Waals surface area contributed by atoms with E-state index in [0.717, 1.165) is 64.1 Å². The number of nitrogens with zero attached hydrogens (tertiary/aromatic N) is 4. The molecule has 4 rings (SSSR count). The van der Waals surface area contributed by atoms with Crippen LogP contribution in [-0.4, -0.2) is 52.1 Å². The van der Waals surface area contributed by atoms with Gasteiger partial charge in [0.25, 0.3) is 5.56 Å². The molecule has 2 aromatic rings. The zero-order valence-corrected chi connectivity index (χ0v) is 17.5. The Morgan fingerprint density at radius 3 is 2.66 bits per heavy atom. The minimum Gasteiger partial charge on any atom is -0.393 e. The van der Waals surface area contributed by atoms with E-state index in [1.54, 1.807) is 10.7 Å². The van der Waals surface area contributed by atoms with E-state index in [0.29, 0.717) is 0 Å². The molecule has 1 aromatic heterocycles. The number of rotatable bonds is 4. The Labute approximate surface area is 172 Å². The van der Waals surface area contributed by atoms with Crippen LogP contribution >= 0.6 is 0 Å². The van der Waals surface area contributed by atoms with Crippen LogP contribution in [0.3, 0.4) is 0 Å². The van der Waals surface area contributed by atoms with Crippen LogP contribution in [0.1, 0.15) is 48.4 Å². The molecule has 1 aromatic carbocycles. The molecule has 2 aliphatic rings. The van der Waals surface area contributed by atoms with Gasteiger partial charge < -0.3 is 10.0 Å². The molecule has 0 bridgehead atoms. The molecule has 2 aliphatic heterocycles. The zero-order chi connectivity index (χ0) is 20.4. The molecule has 6 nitrogen and oxygen atoms in total. The molecule has 6 heteroatoms. The third-order valence-corrected chi connectivity index (χ3v) is 6.37. The molecule has 1 N–H and O–H groups in total. The van der Waals surface area contributed by atoms with Crippen LogP contribution in [0, 0.1) is 13.8 Å². The number of piperidine rings is 2. The van der Waals surface area contributed by atoms with Gasteiger partial charge in [-0.3, -0.25) is 9.69 Å². The van der Waals surface area contributed by atoms with Crippen LogP contribution in [0.5, 0.6) is 0 Å². The van der Waals surface area contributed by atoms with E-state index in [4.69, 9.17) is 0 Å². The van der Waals surface area contributed by atoms with Gasteiger partial charge in [-0.2, -0.15) is 5.10 Å². The molecule has 2 saturated heterocycles. The highest BCUT2D eigenvalue weighted by Gasteiger charge is 2.24. The Kier molecular flexibility index (Phi) is 6.01. The molecular formula is C23H32N4O2. The third kappa shape index (κ3) is 4.70. The van der Waals surface area contributed by atoms with Crippen molar-refractivity contribution in [2.24, 2.45) is 0 Å². The van der Waals surface area contributed by atoms with Gasteiger partial charge >= 0.3 is 0 Å². The maximum atomic E-state index is 12.8. The smallest absolute Gasteiger partial charge is 0.269 e. The van der Waals surface area contributed by atoms with Gasteiger partial charge in [-0.1, -0.05) is 23.8 Å². The van der Waals surface area contributed by atoms with Gasteiger partial charge in [-0.15, -0.1) is 0 Å². The van der Waals surface area contributed by atoms with Gasteiger partial charge in [0.15, 0.2) is 0 Å². The van der Waals surface area contributed by atoms with Crippen LogP contribution < -0.4 is 10.5 Å². The standard InChI is InChI=1S/C23H32N4O2/c1-17-5-6-18(2)19(12-17)15-25-9-3-4-20(16-25)27-23(29)13-21(14-24-27)26-10-7-22(28)8-11-26/h5-6,12-14,20,22,28H,3-4,7-11,15-16H2,1-2H3. The van der Waals surface area contributed by atoms with Crippen LogP contribution in [0.25, 0.3) is 0 Å². The van der Waals surface area contributed by atoms with Gasteiger partial charge in [-0.05, 0) is 57.2 Å². The predicted octanol–water partition coefficient (Wildman–Crippen LogP) is 2.66. The topological polar surface area (TPSA) is 61.6 Å². The monoisotopic (exact) mass is 396 g/mol. The number of aliphatic hydroxyl groups is 1. The van der Waals surface area contributed by atoms with Crippen molar-refractivity contribution in [3.8, 4) is 0 Å². The summed E-state index contributed by atoms with van der Waals surface area (Å²) in [7, 11) is 0. The van der Waals surface area contributed by atoms with Gasteiger partial charge in [0.2, 0.25) is 0 Å². The number of hydrogen-bond acceptors (Lipinski definition) is 5. The summed E-state index contributed by atoms with van der Waals surface area (Å²) >= 11 is 0. The SMILES string of the molecule is Cc1ccc(C)c(CN2CCCC(n3ncc(N4CCC(O)CC4)cc3=O)C2)c1. The number of aryl methyl sites for hydroxylation is 2. The summed E-state index contributed by atoms with van der Waals surface area (Å²) in [6.07, 6.45) is 5.17. The number of likely N-dealkylation sites (tertiary alicyclic amines) is 1. The lowest BCUT2D eigenvalue weighted by Gasteiger charge is -2.34. The largest absolute Gasteiger partial charge is 0.393 e. The molecule has 1 atom stereocenters. The molecule has 0 amide bonds. The molecule has 0 radical (unpaired) electrons. The van der Waals surface area contributed by atoms with Crippen molar-refractivity contribution in [1.82, 2.24) is 14.7 Å². The molecular weight excluding hydrogens is 364 g/mol. The quantitative estimate of drug-likeness (QED) is 0.861. The number of aliphatic hydroxyl groups excluding tert-OH is 1. The summed E-state index contributed by atoms with van der Waals surface area (Å²) in [6, 6.07) is 8.46. The number of benzene rings is 1. The molecule has 156 valence electrons. The summed E-state index contributed by atoms with van der Waals surface area (Å²) < 4.78 is 1.68. The highest BCUT2D eigenvalue weighted by Crippen LogP contribution is 2.23. The fourth-order valence-corrected chi connectivity index (χ4v) is 4.57. The van der Waals surface area contributed by atoms with Crippen molar-refractivity contribution in [3.05, 3.63) is 57.5 Å². The predicted molar refractivity (Wildman–Crippen MR) is 115 cm³/mol. The summed E-state index contributed by atoms with van der Waals surface area (Å²) in [6.45, 7) is 8.70. The molecule has 0 spiro atoms. The number of aromatic nitrogens is 2. The van der Waals surface area contributed by atoms with Crippen LogP contribution in [0.15, 0.2) is 35.3 Å². The van der Waals surface area contributed by atoms with Crippen LogP contribution in [0.4, 0.5) is 5.69 Å². The van der Waals surface area contributed by atoms with E-state index in [9.17, 15) is 9.90 Å². The molecule has 1 unspecified atom stereocenters. The number of hydrogen-bond donors (Lipinski definition) is 1. The van der Waals surface area contributed by atoms with Gasteiger partial charge in [0, 0.05) is 32.2 Å². The highest BCUT2D eigenvalue weighted by atomic mass is 16.3. The second-order valence-electron chi connectivity index (χ2n) is 8.68. The first kappa shape index (κ1) is 20.1. The maximum Gasteiger partial charge on any atom is 0.269 e. The first-order valence-corrected chi connectivity index (χ1v) is 10.8. The molecule has 29 heavy (non-hydrogen) atoms. The lowest BCUT2D eigenvalue weighted by atomic mass is 10.0. The van der Waals surface area contributed by atoms with Crippen molar-refractivity contribution in [3.63, 3.8) is 0 Å². The third-order valence-electron chi connectivity index (χ3n) is 6.37. The summed E-state index contributed by atoms with van der Waals surface area (Å²) in [4.78, 5) is 17.4. The maximum absolute atomic E-state index is 12.8. The Hall–Kier alpha value is -2.18. The molecule has 0 saturated carbocycles. The van der Waals surface area contributed by atoms with E-state index in [-0.39, 0.29) is 17.7 Å². The minimum atomic E-state index is -0.218. The molecule has 3 heterocycles. The van der Waals surface area contributed by atoms with Crippen molar-refractivity contribution in [2.75, 3.05) is 31.1 Å². The van der Waals surface area contributed by atoms with Gasteiger partial charge in [-0.25, -0.2) is 4.68 Å². The van der Waals surface area contributed by atoms with E-state index >= 15 is 0 Å². The van der Waals surface area contributed by atoms with Crippen molar-refractivity contribution < 1.29 is 5.11 Å². The lowest BCUT2D eigenvalue weighted by molar-refractivity contribution is 0.145.